The number of benzene rings is 1. The van der Waals surface area contributed by atoms with E-state index >= 15 is 0 Å². The molecule has 2 rings (SSSR count). The Morgan fingerprint density at radius 2 is 2.05 bits per heavy atom. The predicted molar refractivity (Wildman–Crippen MR) is 82.8 cm³/mol. The number of hydrogen-bond donors (Lipinski definition) is 2. The minimum absolute atomic E-state index is 0.0489. The molecule has 0 spiro atoms. The minimum atomic E-state index is -0.846. The molecule has 0 saturated heterocycles. The number of ether oxygens (including phenoxy) is 1. The minimum Gasteiger partial charge on any atom is -0.490 e. The van der Waals surface area contributed by atoms with Gasteiger partial charge in [0.25, 0.3) is 0 Å². The summed E-state index contributed by atoms with van der Waals surface area (Å²) >= 11 is 0. The van der Waals surface area contributed by atoms with Crippen molar-refractivity contribution < 1.29 is 14.6 Å². The fraction of sp³-hybridized carbons (Fsp3) is 0.588. The SMILES string of the molecule is CNC1(C(=O)O)CCCC(Oc2ccc(C(C)C)cc2)C1. The molecule has 1 aromatic carbocycles. The number of carboxylic acids is 1. The van der Waals surface area contributed by atoms with E-state index in [2.05, 4.69) is 31.3 Å². The van der Waals surface area contributed by atoms with Crippen molar-refractivity contribution in [1.29, 1.82) is 0 Å². The van der Waals surface area contributed by atoms with E-state index in [0.29, 0.717) is 18.8 Å². The first-order valence-corrected chi connectivity index (χ1v) is 7.66. The van der Waals surface area contributed by atoms with Crippen molar-refractivity contribution in [3.05, 3.63) is 29.8 Å². The van der Waals surface area contributed by atoms with Gasteiger partial charge in [-0.15, -0.1) is 0 Å². The number of carbonyl (C=O) groups is 1. The Hall–Kier alpha value is -1.55. The maximum absolute atomic E-state index is 11.5. The topological polar surface area (TPSA) is 58.6 Å². The molecule has 2 N–H and O–H groups in total. The summed E-state index contributed by atoms with van der Waals surface area (Å²) in [6, 6.07) is 8.11. The molecule has 0 heterocycles. The molecule has 0 radical (unpaired) electrons. The van der Waals surface area contributed by atoms with Gasteiger partial charge in [-0.3, -0.25) is 4.79 Å². The van der Waals surface area contributed by atoms with E-state index in [4.69, 9.17) is 4.74 Å². The van der Waals surface area contributed by atoms with E-state index in [9.17, 15) is 9.90 Å². The summed E-state index contributed by atoms with van der Waals surface area (Å²) in [5.74, 6) is 0.535. The largest absolute Gasteiger partial charge is 0.490 e. The number of nitrogens with one attached hydrogen (secondary N) is 1. The summed E-state index contributed by atoms with van der Waals surface area (Å²) in [6.07, 6.45) is 2.88. The van der Waals surface area contributed by atoms with Crippen LogP contribution in [-0.2, 0) is 4.79 Å². The lowest BCUT2D eigenvalue weighted by molar-refractivity contribution is -0.147. The second-order valence-corrected chi connectivity index (χ2v) is 6.20. The van der Waals surface area contributed by atoms with Gasteiger partial charge in [0.2, 0.25) is 0 Å². The number of aliphatic carboxylic acids is 1. The van der Waals surface area contributed by atoms with Crippen LogP contribution in [0.25, 0.3) is 0 Å². The lowest BCUT2D eigenvalue weighted by Gasteiger charge is -2.37. The van der Waals surface area contributed by atoms with Crippen molar-refractivity contribution in [3.63, 3.8) is 0 Å². The lowest BCUT2D eigenvalue weighted by atomic mass is 9.80. The Morgan fingerprint density at radius 1 is 1.38 bits per heavy atom. The molecule has 1 aliphatic rings. The Labute approximate surface area is 126 Å². The van der Waals surface area contributed by atoms with Gasteiger partial charge in [0, 0.05) is 6.42 Å². The van der Waals surface area contributed by atoms with Crippen LogP contribution in [0, 0.1) is 0 Å². The quantitative estimate of drug-likeness (QED) is 0.875. The van der Waals surface area contributed by atoms with Crippen LogP contribution in [0.2, 0.25) is 0 Å². The van der Waals surface area contributed by atoms with Crippen molar-refractivity contribution in [3.8, 4) is 5.75 Å². The standard InChI is InChI=1S/C17H25NO3/c1-12(2)13-6-8-14(9-7-13)21-15-5-4-10-17(11-15,18-3)16(19)20/h6-9,12,15,18H,4-5,10-11H2,1-3H3,(H,19,20). The van der Waals surface area contributed by atoms with Gasteiger partial charge in [0.15, 0.2) is 0 Å². The zero-order valence-corrected chi connectivity index (χ0v) is 13.1. The first-order valence-electron chi connectivity index (χ1n) is 7.66. The number of likely N-dealkylation sites (N-methyl/N-ethyl adjacent to an activating group) is 1. The van der Waals surface area contributed by atoms with E-state index in [1.165, 1.54) is 5.56 Å². The molecule has 0 amide bonds. The molecule has 1 aromatic rings. The molecule has 0 bridgehead atoms. The van der Waals surface area contributed by atoms with Crippen molar-refractivity contribution in [2.75, 3.05) is 7.05 Å². The molecule has 4 nitrogen and oxygen atoms in total. The van der Waals surface area contributed by atoms with Crippen molar-refractivity contribution in [2.45, 2.75) is 57.1 Å². The van der Waals surface area contributed by atoms with E-state index in [1.807, 2.05) is 12.1 Å². The summed E-state index contributed by atoms with van der Waals surface area (Å²) < 4.78 is 5.99. The average Bonchev–Trinajstić information content (AvgIpc) is 2.47. The highest BCUT2D eigenvalue weighted by atomic mass is 16.5. The summed E-state index contributed by atoms with van der Waals surface area (Å²) in [6.45, 7) is 4.32. The zero-order chi connectivity index (χ0) is 15.5. The van der Waals surface area contributed by atoms with Crippen LogP contribution in [0.5, 0.6) is 5.75 Å². The normalized spacial score (nSPS) is 25.8. The van der Waals surface area contributed by atoms with E-state index < -0.39 is 11.5 Å². The van der Waals surface area contributed by atoms with Crippen LogP contribution >= 0.6 is 0 Å². The number of carboxylic acid groups (broad SMARTS) is 1. The Balaban J connectivity index is 2.04. The molecule has 1 saturated carbocycles. The van der Waals surface area contributed by atoms with Crippen LogP contribution in [0.15, 0.2) is 24.3 Å². The third kappa shape index (κ3) is 3.56. The monoisotopic (exact) mass is 291 g/mol. The fourth-order valence-electron chi connectivity index (χ4n) is 2.98. The number of rotatable bonds is 5. The highest BCUT2D eigenvalue weighted by Gasteiger charge is 2.42. The van der Waals surface area contributed by atoms with Crippen molar-refractivity contribution in [2.24, 2.45) is 0 Å². The second-order valence-electron chi connectivity index (χ2n) is 6.20. The lowest BCUT2D eigenvalue weighted by Crippen LogP contribution is -2.55. The third-order valence-electron chi connectivity index (χ3n) is 4.44. The highest BCUT2D eigenvalue weighted by Crippen LogP contribution is 2.31. The molecule has 1 fully saturated rings. The van der Waals surface area contributed by atoms with Crippen LogP contribution in [0.3, 0.4) is 0 Å². The van der Waals surface area contributed by atoms with Crippen LogP contribution in [0.4, 0.5) is 0 Å². The molecule has 21 heavy (non-hydrogen) atoms. The first-order chi connectivity index (χ1) is 9.97. The fourth-order valence-corrected chi connectivity index (χ4v) is 2.98. The molecular formula is C17H25NO3. The zero-order valence-electron chi connectivity index (χ0n) is 13.1. The maximum Gasteiger partial charge on any atom is 0.324 e. The van der Waals surface area contributed by atoms with Crippen LogP contribution in [-0.4, -0.2) is 29.8 Å². The molecule has 0 aliphatic heterocycles. The summed E-state index contributed by atoms with van der Waals surface area (Å²) in [5, 5.41) is 12.4. The maximum atomic E-state index is 11.5. The van der Waals surface area contributed by atoms with Crippen molar-refractivity contribution in [1.82, 2.24) is 5.32 Å². The second kappa shape index (κ2) is 6.48. The Morgan fingerprint density at radius 3 is 2.57 bits per heavy atom. The number of hydrogen-bond acceptors (Lipinski definition) is 3. The van der Waals surface area contributed by atoms with Gasteiger partial charge in [0.05, 0.1) is 0 Å². The molecule has 2 atom stereocenters. The first kappa shape index (κ1) is 15.8. The van der Waals surface area contributed by atoms with Crippen molar-refractivity contribution >= 4 is 5.97 Å². The van der Waals surface area contributed by atoms with Gasteiger partial charge in [-0.25, -0.2) is 0 Å². The van der Waals surface area contributed by atoms with Gasteiger partial charge in [0.1, 0.15) is 17.4 Å². The average molecular weight is 291 g/mol. The van der Waals surface area contributed by atoms with Gasteiger partial charge in [-0.05, 0) is 49.9 Å². The molecule has 0 aromatic heterocycles. The van der Waals surface area contributed by atoms with E-state index in [1.54, 1.807) is 7.05 Å². The van der Waals surface area contributed by atoms with E-state index in [-0.39, 0.29) is 6.10 Å². The molecular weight excluding hydrogens is 266 g/mol. The molecule has 2 unspecified atom stereocenters. The molecule has 4 heteroatoms. The summed E-state index contributed by atoms with van der Waals surface area (Å²) in [5.41, 5.74) is 0.432. The Kier molecular flexibility index (Phi) is 4.88. The van der Waals surface area contributed by atoms with Gasteiger partial charge in [-0.2, -0.15) is 0 Å². The summed E-state index contributed by atoms with van der Waals surface area (Å²) in [7, 11) is 1.72. The molecule has 1 aliphatic carbocycles. The highest BCUT2D eigenvalue weighted by molar-refractivity contribution is 5.79. The van der Waals surface area contributed by atoms with Gasteiger partial charge >= 0.3 is 5.97 Å². The van der Waals surface area contributed by atoms with Gasteiger partial charge < -0.3 is 15.2 Å². The predicted octanol–water partition coefficient (Wildman–Crippen LogP) is 3.17. The van der Waals surface area contributed by atoms with E-state index in [0.717, 1.165) is 18.6 Å². The summed E-state index contributed by atoms with van der Waals surface area (Å²) in [4.78, 5) is 11.5. The van der Waals surface area contributed by atoms with Crippen LogP contribution < -0.4 is 10.1 Å². The molecule has 116 valence electrons. The smallest absolute Gasteiger partial charge is 0.324 e. The van der Waals surface area contributed by atoms with Gasteiger partial charge in [-0.1, -0.05) is 26.0 Å². The third-order valence-corrected chi connectivity index (χ3v) is 4.44. The van der Waals surface area contributed by atoms with Crippen LogP contribution in [0.1, 0.15) is 51.0 Å². The Bertz CT molecular complexity index is 483.